The fourth-order valence-electron chi connectivity index (χ4n) is 2.65. The smallest absolute Gasteiger partial charge is 0.00141 e. The van der Waals surface area contributed by atoms with E-state index in [4.69, 9.17) is 0 Å². The highest BCUT2D eigenvalue weighted by atomic mass is 14.2. The third kappa shape index (κ3) is 1.61. The summed E-state index contributed by atoms with van der Waals surface area (Å²) in [4.78, 5) is 0. The molecule has 1 aliphatic rings. The van der Waals surface area contributed by atoms with Crippen molar-refractivity contribution in [1.29, 1.82) is 0 Å². The first-order valence-corrected chi connectivity index (χ1v) is 6.11. The SMILES string of the molecule is CC(C)=C1Cc2ccccc2-c2ccccc21. The largest absolute Gasteiger partial charge is 0.0723 e. The van der Waals surface area contributed by atoms with Crippen molar-refractivity contribution in [2.45, 2.75) is 20.3 Å². The van der Waals surface area contributed by atoms with E-state index < -0.39 is 0 Å². The Balaban J connectivity index is 2.34. The highest BCUT2D eigenvalue weighted by Gasteiger charge is 2.19. The monoisotopic (exact) mass is 220 g/mol. The van der Waals surface area contributed by atoms with E-state index in [-0.39, 0.29) is 0 Å². The van der Waals surface area contributed by atoms with Gasteiger partial charge in [-0.15, -0.1) is 0 Å². The van der Waals surface area contributed by atoms with Crippen molar-refractivity contribution in [3.8, 4) is 11.1 Å². The van der Waals surface area contributed by atoms with Gasteiger partial charge in [0.2, 0.25) is 0 Å². The van der Waals surface area contributed by atoms with Crippen LogP contribution in [0.4, 0.5) is 0 Å². The predicted molar refractivity (Wildman–Crippen MR) is 73.9 cm³/mol. The molecule has 0 radical (unpaired) electrons. The zero-order valence-corrected chi connectivity index (χ0v) is 10.3. The van der Waals surface area contributed by atoms with E-state index in [0.717, 1.165) is 6.42 Å². The van der Waals surface area contributed by atoms with Crippen LogP contribution >= 0.6 is 0 Å². The lowest BCUT2D eigenvalue weighted by Crippen LogP contribution is -2.04. The number of fused-ring (bicyclic) bond motifs is 3. The van der Waals surface area contributed by atoms with Crippen LogP contribution in [0, 0.1) is 0 Å². The van der Waals surface area contributed by atoms with Crippen molar-refractivity contribution in [2.24, 2.45) is 0 Å². The summed E-state index contributed by atoms with van der Waals surface area (Å²) in [5.74, 6) is 0. The Kier molecular flexibility index (Phi) is 2.36. The third-order valence-corrected chi connectivity index (χ3v) is 3.53. The predicted octanol–water partition coefficient (Wildman–Crippen LogP) is 4.70. The summed E-state index contributed by atoms with van der Waals surface area (Å²) in [5, 5.41) is 0. The minimum absolute atomic E-state index is 1.06. The Morgan fingerprint density at radius 2 is 1.35 bits per heavy atom. The van der Waals surface area contributed by atoms with Crippen LogP contribution in [-0.4, -0.2) is 0 Å². The standard InChI is InChI=1S/C17H16/c1-12(2)17-11-13-7-3-4-8-14(13)15-9-5-6-10-16(15)17/h3-10H,11H2,1-2H3. The van der Waals surface area contributed by atoms with Crippen LogP contribution in [0.15, 0.2) is 54.1 Å². The molecule has 0 atom stereocenters. The first kappa shape index (κ1) is 10.3. The maximum Gasteiger partial charge on any atom is -0.00141 e. The Labute approximate surface area is 103 Å². The van der Waals surface area contributed by atoms with Gasteiger partial charge in [0.1, 0.15) is 0 Å². The van der Waals surface area contributed by atoms with Crippen molar-refractivity contribution in [3.05, 3.63) is 65.2 Å². The van der Waals surface area contributed by atoms with Gasteiger partial charge in [0.25, 0.3) is 0 Å². The first-order valence-electron chi connectivity index (χ1n) is 6.11. The number of hydrogen-bond donors (Lipinski definition) is 0. The fraction of sp³-hybridized carbons (Fsp3) is 0.176. The quantitative estimate of drug-likeness (QED) is 0.603. The summed E-state index contributed by atoms with van der Waals surface area (Å²) in [5.41, 5.74) is 8.54. The molecular formula is C17H16. The van der Waals surface area contributed by atoms with Crippen molar-refractivity contribution < 1.29 is 0 Å². The maximum atomic E-state index is 2.24. The molecule has 0 saturated carbocycles. The van der Waals surface area contributed by atoms with E-state index in [1.165, 1.54) is 33.4 Å². The van der Waals surface area contributed by atoms with Gasteiger partial charge in [-0.1, -0.05) is 54.1 Å². The summed E-state index contributed by atoms with van der Waals surface area (Å²) in [6.45, 7) is 4.42. The molecule has 0 saturated heterocycles. The molecule has 0 amide bonds. The molecule has 0 aromatic heterocycles. The Morgan fingerprint density at radius 1 is 0.765 bits per heavy atom. The van der Waals surface area contributed by atoms with Crippen molar-refractivity contribution in [2.75, 3.05) is 0 Å². The van der Waals surface area contributed by atoms with Crippen molar-refractivity contribution in [1.82, 2.24) is 0 Å². The van der Waals surface area contributed by atoms with Gasteiger partial charge < -0.3 is 0 Å². The molecule has 0 spiro atoms. The van der Waals surface area contributed by atoms with Gasteiger partial charge in [-0.05, 0) is 48.1 Å². The number of benzene rings is 2. The molecule has 0 bridgehead atoms. The lowest BCUT2D eigenvalue weighted by atomic mass is 9.81. The molecule has 0 heteroatoms. The van der Waals surface area contributed by atoms with Crippen LogP contribution in [0.3, 0.4) is 0 Å². The van der Waals surface area contributed by atoms with Gasteiger partial charge in [-0.25, -0.2) is 0 Å². The molecule has 0 nitrogen and oxygen atoms in total. The summed E-state index contributed by atoms with van der Waals surface area (Å²) < 4.78 is 0. The van der Waals surface area contributed by atoms with E-state index in [1.54, 1.807) is 0 Å². The zero-order valence-electron chi connectivity index (χ0n) is 10.3. The van der Waals surface area contributed by atoms with E-state index in [1.807, 2.05) is 0 Å². The van der Waals surface area contributed by atoms with Crippen molar-refractivity contribution >= 4 is 5.57 Å². The van der Waals surface area contributed by atoms with Crippen LogP contribution in [0.25, 0.3) is 16.7 Å². The molecule has 3 rings (SSSR count). The van der Waals surface area contributed by atoms with Crippen LogP contribution in [0.5, 0.6) is 0 Å². The Morgan fingerprint density at radius 3 is 2.06 bits per heavy atom. The second kappa shape index (κ2) is 3.89. The van der Waals surface area contributed by atoms with Gasteiger partial charge in [0.05, 0.1) is 0 Å². The normalized spacial score (nSPS) is 12.9. The number of hydrogen-bond acceptors (Lipinski definition) is 0. The maximum absolute atomic E-state index is 2.24. The molecule has 0 fully saturated rings. The molecule has 2 aromatic carbocycles. The summed E-state index contributed by atoms with van der Waals surface area (Å²) in [7, 11) is 0. The molecule has 0 aliphatic heterocycles. The van der Waals surface area contributed by atoms with Crippen LogP contribution in [-0.2, 0) is 6.42 Å². The topological polar surface area (TPSA) is 0 Å². The fourth-order valence-corrected chi connectivity index (χ4v) is 2.65. The second-order valence-corrected chi connectivity index (χ2v) is 4.86. The van der Waals surface area contributed by atoms with Gasteiger partial charge in [0.15, 0.2) is 0 Å². The zero-order chi connectivity index (χ0) is 11.8. The Bertz CT molecular complexity index is 599. The number of rotatable bonds is 0. The molecule has 84 valence electrons. The minimum Gasteiger partial charge on any atom is -0.0723 e. The molecule has 0 N–H and O–H groups in total. The molecular weight excluding hydrogens is 204 g/mol. The van der Waals surface area contributed by atoms with Gasteiger partial charge in [-0.3, -0.25) is 0 Å². The minimum atomic E-state index is 1.06. The first-order chi connectivity index (χ1) is 8.27. The molecule has 0 unspecified atom stereocenters. The van der Waals surface area contributed by atoms with Crippen molar-refractivity contribution in [3.63, 3.8) is 0 Å². The summed E-state index contributed by atoms with van der Waals surface area (Å²) in [6.07, 6.45) is 1.06. The van der Waals surface area contributed by atoms with Gasteiger partial charge in [-0.2, -0.15) is 0 Å². The molecule has 2 aromatic rings. The highest BCUT2D eigenvalue weighted by Crippen LogP contribution is 2.39. The molecule has 17 heavy (non-hydrogen) atoms. The van der Waals surface area contributed by atoms with E-state index in [0.29, 0.717) is 0 Å². The average Bonchev–Trinajstić information content (AvgIpc) is 2.37. The van der Waals surface area contributed by atoms with E-state index in [9.17, 15) is 0 Å². The van der Waals surface area contributed by atoms with Crippen LogP contribution in [0.1, 0.15) is 25.0 Å². The van der Waals surface area contributed by atoms with Gasteiger partial charge in [0, 0.05) is 0 Å². The third-order valence-electron chi connectivity index (χ3n) is 3.53. The van der Waals surface area contributed by atoms with E-state index in [2.05, 4.69) is 62.4 Å². The molecule has 0 heterocycles. The summed E-state index contributed by atoms with van der Waals surface area (Å²) in [6, 6.07) is 17.5. The average molecular weight is 220 g/mol. The lowest BCUT2D eigenvalue weighted by molar-refractivity contribution is 1.20. The van der Waals surface area contributed by atoms with Gasteiger partial charge >= 0.3 is 0 Å². The highest BCUT2D eigenvalue weighted by molar-refractivity contribution is 5.89. The number of allylic oxidation sites excluding steroid dienone is 2. The Hall–Kier alpha value is -1.82. The van der Waals surface area contributed by atoms with E-state index >= 15 is 0 Å². The van der Waals surface area contributed by atoms with Crippen LogP contribution < -0.4 is 0 Å². The second-order valence-electron chi connectivity index (χ2n) is 4.86. The summed E-state index contributed by atoms with van der Waals surface area (Å²) >= 11 is 0. The van der Waals surface area contributed by atoms with Crippen LogP contribution in [0.2, 0.25) is 0 Å². The lowest BCUT2D eigenvalue weighted by Gasteiger charge is -2.23. The molecule has 1 aliphatic carbocycles.